The van der Waals surface area contributed by atoms with Crippen LogP contribution in [0.25, 0.3) is 0 Å². The largest absolute Gasteiger partial charge is 0.259 e. The molecule has 1 aromatic rings. The SMILES string of the molecule is CN=[S@](=O)(C[C@](C)(C[S@](=O)C(C)(C)C)c1ccccc1F)C1(C#N)CCCC1. The highest BCUT2D eigenvalue weighted by Gasteiger charge is 2.48. The predicted molar refractivity (Wildman–Crippen MR) is 115 cm³/mol. The van der Waals surface area contributed by atoms with Gasteiger partial charge in [0.2, 0.25) is 0 Å². The van der Waals surface area contributed by atoms with Crippen LogP contribution in [-0.4, -0.2) is 36.5 Å². The van der Waals surface area contributed by atoms with Crippen molar-refractivity contribution in [2.45, 2.75) is 68.3 Å². The summed E-state index contributed by atoms with van der Waals surface area (Å²) in [6, 6.07) is 8.68. The van der Waals surface area contributed by atoms with Crippen LogP contribution in [0, 0.1) is 17.1 Å². The summed E-state index contributed by atoms with van der Waals surface area (Å²) >= 11 is 0. The van der Waals surface area contributed by atoms with E-state index in [9.17, 15) is 18.1 Å². The molecule has 0 bridgehead atoms. The summed E-state index contributed by atoms with van der Waals surface area (Å²) in [5.74, 6) is -0.232. The van der Waals surface area contributed by atoms with Crippen LogP contribution in [0.4, 0.5) is 4.39 Å². The van der Waals surface area contributed by atoms with Gasteiger partial charge >= 0.3 is 0 Å². The van der Waals surface area contributed by atoms with Gasteiger partial charge in [-0.25, -0.2) is 13.0 Å². The van der Waals surface area contributed by atoms with E-state index in [-0.39, 0.29) is 11.5 Å². The zero-order chi connectivity index (χ0) is 21.2. The molecule has 0 spiro atoms. The lowest BCUT2D eigenvalue weighted by Crippen LogP contribution is -2.46. The lowest BCUT2D eigenvalue weighted by atomic mass is 9.86. The third kappa shape index (κ3) is 4.33. The average Bonchev–Trinajstić information content (AvgIpc) is 3.11. The first-order valence-electron chi connectivity index (χ1n) is 9.60. The fourth-order valence-electron chi connectivity index (χ4n) is 3.91. The van der Waals surface area contributed by atoms with Gasteiger partial charge in [0.15, 0.2) is 0 Å². The van der Waals surface area contributed by atoms with Crippen molar-refractivity contribution < 1.29 is 12.8 Å². The molecule has 0 unspecified atom stereocenters. The van der Waals surface area contributed by atoms with E-state index >= 15 is 0 Å². The molecule has 0 N–H and O–H groups in total. The van der Waals surface area contributed by atoms with Gasteiger partial charge in [-0.05, 0) is 45.2 Å². The van der Waals surface area contributed by atoms with Crippen LogP contribution < -0.4 is 0 Å². The van der Waals surface area contributed by atoms with Gasteiger partial charge in [0.05, 0.1) is 15.8 Å². The summed E-state index contributed by atoms with van der Waals surface area (Å²) in [6.45, 7) is 7.43. The van der Waals surface area contributed by atoms with Gasteiger partial charge in [0, 0.05) is 39.5 Å². The maximum atomic E-state index is 14.8. The number of benzene rings is 1. The van der Waals surface area contributed by atoms with Gasteiger partial charge in [-0.2, -0.15) is 5.26 Å². The van der Waals surface area contributed by atoms with E-state index in [4.69, 9.17) is 0 Å². The van der Waals surface area contributed by atoms with Gasteiger partial charge in [0.1, 0.15) is 10.6 Å². The van der Waals surface area contributed by atoms with E-state index in [1.165, 1.54) is 13.1 Å². The molecule has 1 fully saturated rings. The van der Waals surface area contributed by atoms with E-state index in [2.05, 4.69) is 10.4 Å². The molecule has 3 atom stereocenters. The number of nitriles is 1. The fraction of sp³-hybridized carbons (Fsp3) is 0.667. The molecule has 0 saturated heterocycles. The van der Waals surface area contributed by atoms with Gasteiger partial charge in [-0.3, -0.25) is 4.21 Å². The number of hydrogen-bond donors (Lipinski definition) is 0. The molecule has 0 radical (unpaired) electrons. The Morgan fingerprint density at radius 2 is 1.82 bits per heavy atom. The van der Waals surface area contributed by atoms with Crippen molar-refractivity contribution in [3.63, 3.8) is 0 Å². The van der Waals surface area contributed by atoms with Crippen molar-refractivity contribution in [1.29, 1.82) is 5.26 Å². The second-order valence-corrected chi connectivity index (χ2v) is 13.8. The quantitative estimate of drug-likeness (QED) is 0.669. The third-order valence-electron chi connectivity index (χ3n) is 5.69. The minimum absolute atomic E-state index is 0.0206. The van der Waals surface area contributed by atoms with Crippen molar-refractivity contribution in [2.24, 2.45) is 4.36 Å². The monoisotopic (exact) mass is 426 g/mol. The Morgan fingerprint density at radius 3 is 2.29 bits per heavy atom. The Hall–Kier alpha value is -1.26. The molecule has 7 heteroatoms. The molecule has 156 valence electrons. The second kappa shape index (κ2) is 8.23. The third-order valence-corrected chi connectivity index (χ3v) is 11.3. The van der Waals surface area contributed by atoms with E-state index in [1.807, 2.05) is 20.8 Å². The highest BCUT2D eigenvalue weighted by molar-refractivity contribution is 7.95. The van der Waals surface area contributed by atoms with Crippen molar-refractivity contribution >= 4 is 20.5 Å². The Balaban J connectivity index is 2.60. The molecular weight excluding hydrogens is 395 g/mol. The van der Waals surface area contributed by atoms with Gasteiger partial charge in [0.25, 0.3) is 0 Å². The molecule has 0 aromatic heterocycles. The fourth-order valence-corrected chi connectivity index (χ4v) is 8.25. The van der Waals surface area contributed by atoms with E-state index < -0.39 is 41.3 Å². The second-order valence-electron chi connectivity index (χ2n) is 8.92. The number of halogens is 1. The van der Waals surface area contributed by atoms with Crippen molar-refractivity contribution in [1.82, 2.24) is 0 Å². The zero-order valence-corrected chi connectivity index (χ0v) is 19.1. The molecule has 1 aromatic carbocycles. The first-order chi connectivity index (χ1) is 12.9. The summed E-state index contributed by atoms with van der Waals surface area (Å²) in [5, 5.41) is 9.89. The Kier molecular flexibility index (Phi) is 6.77. The smallest absolute Gasteiger partial charge is 0.140 e. The minimum atomic E-state index is -2.97. The highest BCUT2D eigenvalue weighted by atomic mass is 32.2. The summed E-state index contributed by atoms with van der Waals surface area (Å²) in [7, 11) is -2.77. The summed E-state index contributed by atoms with van der Waals surface area (Å²) in [6.07, 6.45) is 2.75. The van der Waals surface area contributed by atoms with Crippen molar-refractivity contribution in [3.05, 3.63) is 35.6 Å². The molecule has 4 nitrogen and oxygen atoms in total. The molecule has 1 aliphatic rings. The number of rotatable bonds is 6. The molecule has 2 rings (SSSR count). The van der Waals surface area contributed by atoms with Crippen LogP contribution in [-0.2, 0) is 25.9 Å². The van der Waals surface area contributed by atoms with Crippen molar-refractivity contribution in [3.8, 4) is 6.07 Å². The lowest BCUT2D eigenvalue weighted by molar-refractivity contribution is 0.515. The molecule has 1 aliphatic carbocycles. The Labute approximate surface area is 171 Å². The van der Waals surface area contributed by atoms with E-state index in [1.54, 1.807) is 25.1 Å². The maximum absolute atomic E-state index is 14.8. The van der Waals surface area contributed by atoms with Crippen molar-refractivity contribution in [2.75, 3.05) is 18.6 Å². The topological polar surface area (TPSA) is 70.3 Å². The van der Waals surface area contributed by atoms with Crippen LogP contribution >= 0.6 is 0 Å². The summed E-state index contributed by atoms with van der Waals surface area (Å²) < 4.78 is 44.6. The van der Waals surface area contributed by atoms with Crippen LogP contribution in [0.2, 0.25) is 0 Å². The Morgan fingerprint density at radius 1 is 1.25 bits per heavy atom. The lowest BCUT2D eigenvalue weighted by Gasteiger charge is -2.37. The molecular formula is C21H31FN2O2S2. The number of hydrogen-bond acceptors (Lipinski definition) is 4. The van der Waals surface area contributed by atoms with E-state index in [0.29, 0.717) is 18.4 Å². The van der Waals surface area contributed by atoms with Crippen LogP contribution in [0.3, 0.4) is 0 Å². The standard InChI is InChI=1S/C21H31FN2O2S2/c1-19(2,3)27(25)15-20(4,17-10-6-7-11-18(17)22)16-28(26,24-5)21(14-23)12-8-9-13-21/h6-7,10-11H,8-9,12-13,15-16H2,1-5H3/t20-,27-,28-/m0/s1. The molecule has 0 amide bonds. The molecule has 0 aliphatic heterocycles. The zero-order valence-electron chi connectivity index (χ0n) is 17.5. The maximum Gasteiger partial charge on any atom is 0.140 e. The van der Waals surface area contributed by atoms with Crippen LogP contribution in [0.15, 0.2) is 28.6 Å². The normalized spacial score (nSPS) is 21.9. The molecule has 28 heavy (non-hydrogen) atoms. The number of nitrogens with zero attached hydrogens (tertiary/aromatic N) is 2. The predicted octanol–water partition coefficient (Wildman–Crippen LogP) is 4.56. The van der Waals surface area contributed by atoms with Gasteiger partial charge in [-0.15, -0.1) is 0 Å². The summed E-state index contributed by atoms with van der Waals surface area (Å²) in [5.41, 5.74) is -0.581. The average molecular weight is 427 g/mol. The van der Waals surface area contributed by atoms with Gasteiger partial charge in [-0.1, -0.05) is 38.0 Å². The van der Waals surface area contributed by atoms with Gasteiger partial charge < -0.3 is 0 Å². The molecule has 1 saturated carbocycles. The van der Waals surface area contributed by atoms with E-state index in [0.717, 1.165) is 12.8 Å². The van der Waals surface area contributed by atoms with Crippen LogP contribution in [0.5, 0.6) is 0 Å². The molecule has 0 heterocycles. The first-order valence-corrected chi connectivity index (χ1v) is 12.6. The first kappa shape index (κ1) is 23.0. The Bertz CT molecular complexity index is 902. The highest BCUT2D eigenvalue weighted by Crippen LogP contribution is 2.42. The minimum Gasteiger partial charge on any atom is -0.259 e. The van der Waals surface area contributed by atoms with Crippen LogP contribution in [0.1, 0.15) is 58.9 Å². The summed E-state index contributed by atoms with van der Waals surface area (Å²) in [4.78, 5) is 0.